The van der Waals surface area contributed by atoms with Crippen molar-refractivity contribution in [2.75, 3.05) is 38.2 Å². The molecule has 1 fully saturated rings. The van der Waals surface area contributed by atoms with Crippen LogP contribution in [0.5, 0.6) is 5.75 Å². The smallest absolute Gasteiger partial charge is 0.410 e. The lowest BCUT2D eigenvalue weighted by Gasteiger charge is -2.19. The zero-order valence-electron chi connectivity index (χ0n) is 19.7. The van der Waals surface area contributed by atoms with Gasteiger partial charge in [0.2, 0.25) is 5.91 Å². The molecule has 2 N–H and O–H groups in total. The third-order valence-electron chi connectivity index (χ3n) is 5.70. The van der Waals surface area contributed by atoms with Gasteiger partial charge in [0.1, 0.15) is 30.8 Å². The number of hydrogen-bond donors (Lipinski definition) is 2. The molecule has 9 nitrogen and oxygen atoms in total. The van der Waals surface area contributed by atoms with Crippen molar-refractivity contribution in [2.45, 2.75) is 12.5 Å². The van der Waals surface area contributed by atoms with Gasteiger partial charge in [0.25, 0.3) is 0 Å². The molecule has 1 atom stereocenters. The molecular weight excluding hydrogens is 458 g/mol. The topological polar surface area (TPSA) is 117 Å². The lowest BCUT2D eigenvalue weighted by atomic mass is 10.1. The molecule has 1 aromatic heterocycles. The van der Waals surface area contributed by atoms with Crippen molar-refractivity contribution >= 4 is 17.8 Å². The van der Waals surface area contributed by atoms with Gasteiger partial charge in [-0.3, -0.25) is 4.79 Å². The summed E-state index contributed by atoms with van der Waals surface area (Å²) in [6, 6.07) is 21.9. The number of nitriles is 1. The summed E-state index contributed by atoms with van der Waals surface area (Å²) in [6.45, 7) is 2.30. The normalized spacial score (nSPS) is 13.5. The van der Waals surface area contributed by atoms with Crippen molar-refractivity contribution in [1.29, 1.82) is 5.26 Å². The molecule has 1 saturated heterocycles. The van der Waals surface area contributed by atoms with Gasteiger partial charge in [0, 0.05) is 6.54 Å². The number of ether oxygens (including phenoxy) is 2. The number of nitrogens with zero attached hydrogens (tertiary/aromatic N) is 3. The van der Waals surface area contributed by atoms with Crippen molar-refractivity contribution in [1.82, 2.24) is 15.2 Å². The van der Waals surface area contributed by atoms with Crippen LogP contribution in [0.1, 0.15) is 22.7 Å². The number of nitrogens with one attached hydrogen (secondary N) is 2. The fourth-order valence-electron chi connectivity index (χ4n) is 3.75. The molecule has 1 aliphatic rings. The summed E-state index contributed by atoms with van der Waals surface area (Å²) < 4.78 is 10.5. The Hall–Kier alpha value is -4.42. The molecule has 0 bridgehead atoms. The number of carbonyl (C=O) groups is 2. The minimum absolute atomic E-state index is 0.227. The minimum atomic E-state index is -0.567. The van der Waals surface area contributed by atoms with Gasteiger partial charge in [-0.25, -0.2) is 9.78 Å². The van der Waals surface area contributed by atoms with E-state index in [-0.39, 0.29) is 12.0 Å². The minimum Gasteiger partial charge on any atom is -0.490 e. The van der Waals surface area contributed by atoms with Gasteiger partial charge in [0.05, 0.1) is 30.9 Å². The Labute approximate surface area is 209 Å². The Balaban J connectivity index is 1.31. The molecule has 2 amide bonds. The van der Waals surface area contributed by atoms with Crippen LogP contribution in [-0.4, -0.2) is 54.7 Å². The average molecular weight is 486 g/mol. The van der Waals surface area contributed by atoms with Crippen molar-refractivity contribution in [3.05, 3.63) is 89.6 Å². The molecule has 4 rings (SSSR count). The number of amides is 2. The molecule has 0 saturated carbocycles. The molecule has 36 heavy (non-hydrogen) atoms. The number of anilines is 1. The highest BCUT2D eigenvalue weighted by atomic mass is 16.6. The van der Waals surface area contributed by atoms with E-state index < -0.39 is 6.04 Å². The predicted molar refractivity (Wildman–Crippen MR) is 133 cm³/mol. The summed E-state index contributed by atoms with van der Waals surface area (Å²) >= 11 is 0. The van der Waals surface area contributed by atoms with Gasteiger partial charge in [-0.2, -0.15) is 5.26 Å². The molecule has 9 heteroatoms. The molecule has 1 aliphatic heterocycles. The molecular formula is C27H27N5O4. The van der Waals surface area contributed by atoms with Crippen LogP contribution in [0.25, 0.3) is 0 Å². The van der Waals surface area contributed by atoms with Crippen molar-refractivity contribution in [2.24, 2.45) is 0 Å². The highest BCUT2D eigenvalue weighted by Gasteiger charge is 2.22. The Morgan fingerprint density at radius 1 is 1.14 bits per heavy atom. The SMILES string of the molecule is N#Cc1ccc(CCN[C@H](C(=O)Nc2ccc(OCCN3CCOC3=O)cn2)c2ccccc2)cc1. The quantitative estimate of drug-likeness (QED) is 0.428. The maximum atomic E-state index is 13.1. The average Bonchev–Trinajstić information content (AvgIpc) is 3.33. The zero-order valence-corrected chi connectivity index (χ0v) is 19.7. The molecule has 2 heterocycles. The Bertz CT molecular complexity index is 1190. The summed E-state index contributed by atoms with van der Waals surface area (Å²) in [5.74, 6) is 0.723. The second-order valence-corrected chi connectivity index (χ2v) is 8.17. The van der Waals surface area contributed by atoms with Crippen molar-refractivity contribution in [3.8, 4) is 11.8 Å². The van der Waals surface area contributed by atoms with Crippen LogP contribution in [0.2, 0.25) is 0 Å². The maximum absolute atomic E-state index is 13.1. The summed E-state index contributed by atoms with van der Waals surface area (Å²) in [5.41, 5.74) is 2.54. The third kappa shape index (κ3) is 6.81. The number of hydrogen-bond acceptors (Lipinski definition) is 7. The van der Waals surface area contributed by atoms with E-state index in [4.69, 9.17) is 14.7 Å². The highest BCUT2D eigenvalue weighted by Crippen LogP contribution is 2.17. The van der Waals surface area contributed by atoms with E-state index >= 15 is 0 Å². The Morgan fingerprint density at radius 3 is 2.61 bits per heavy atom. The van der Waals surface area contributed by atoms with E-state index in [9.17, 15) is 9.59 Å². The predicted octanol–water partition coefficient (Wildman–Crippen LogP) is 3.30. The van der Waals surface area contributed by atoms with Gasteiger partial charge in [-0.15, -0.1) is 0 Å². The molecule has 0 unspecified atom stereocenters. The molecule has 0 radical (unpaired) electrons. The maximum Gasteiger partial charge on any atom is 0.410 e. The van der Waals surface area contributed by atoms with Crippen LogP contribution in [0.3, 0.4) is 0 Å². The fourth-order valence-corrected chi connectivity index (χ4v) is 3.75. The summed E-state index contributed by atoms with van der Waals surface area (Å²) in [7, 11) is 0. The third-order valence-corrected chi connectivity index (χ3v) is 5.70. The number of pyridine rings is 1. The zero-order chi connectivity index (χ0) is 25.2. The van der Waals surface area contributed by atoms with Crippen LogP contribution in [0.15, 0.2) is 72.9 Å². The van der Waals surface area contributed by atoms with Gasteiger partial charge in [0.15, 0.2) is 0 Å². The van der Waals surface area contributed by atoms with Crippen LogP contribution in [0, 0.1) is 11.3 Å². The number of benzene rings is 2. The van der Waals surface area contributed by atoms with E-state index in [2.05, 4.69) is 21.7 Å². The lowest BCUT2D eigenvalue weighted by molar-refractivity contribution is -0.118. The second kappa shape index (κ2) is 12.3. The number of aromatic nitrogens is 1. The van der Waals surface area contributed by atoms with E-state index in [1.165, 1.54) is 6.20 Å². The summed E-state index contributed by atoms with van der Waals surface area (Å²) in [5, 5.41) is 15.1. The molecule has 0 aliphatic carbocycles. The molecule has 0 spiro atoms. The van der Waals surface area contributed by atoms with Gasteiger partial charge >= 0.3 is 6.09 Å². The highest BCUT2D eigenvalue weighted by molar-refractivity contribution is 5.94. The van der Waals surface area contributed by atoms with Crippen LogP contribution < -0.4 is 15.4 Å². The largest absolute Gasteiger partial charge is 0.490 e. The van der Waals surface area contributed by atoms with Crippen molar-refractivity contribution in [3.63, 3.8) is 0 Å². The van der Waals surface area contributed by atoms with E-state index in [0.29, 0.717) is 56.4 Å². The van der Waals surface area contributed by atoms with Gasteiger partial charge in [-0.1, -0.05) is 42.5 Å². The van der Waals surface area contributed by atoms with Crippen LogP contribution in [-0.2, 0) is 16.0 Å². The Kier molecular flexibility index (Phi) is 8.46. The molecule has 184 valence electrons. The lowest BCUT2D eigenvalue weighted by Crippen LogP contribution is -2.34. The van der Waals surface area contributed by atoms with E-state index in [1.54, 1.807) is 29.2 Å². The number of carbonyl (C=O) groups excluding carboxylic acids is 2. The number of cyclic esters (lactones) is 1. The van der Waals surface area contributed by atoms with Gasteiger partial charge < -0.3 is 25.0 Å². The molecule has 3 aromatic rings. The van der Waals surface area contributed by atoms with Crippen molar-refractivity contribution < 1.29 is 19.1 Å². The van der Waals surface area contributed by atoms with Crippen LogP contribution >= 0.6 is 0 Å². The summed E-state index contributed by atoms with van der Waals surface area (Å²) in [4.78, 5) is 30.5. The Morgan fingerprint density at radius 2 is 1.94 bits per heavy atom. The fraction of sp³-hybridized carbons (Fsp3) is 0.259. The first kappa shape index (κ1) is 24.7. The first-order valence-corrected chi connectivity index (χ1v) is 11.7. The standard InChI is InChI=1S/C27H27N5O4/c28-18-21-8-6-20(7-9-21)12-13-29-25(22-4-2-1-3-5-22)26(33)31-24-11-10-23(19-30-24)35-16-14-32-15-17-36-27(32)34/h1-11,19,25,29H,12-17H2,(H,30,31,33)/t25-/m0/s1. The number of rotatable bonds is 11. The molecule has 2 aromatic carbocycles. The monoisotopic (exact) mass is 485 g/mol. The van der Waals surface area contributed by atoms with E-state index in [1.807, 2.05) is 42.5 Å². The first-order valence-electron chi connectivity index (χ1n) is 11.7. The second-order valence-electron chi connectivity index (χ2n) is 8.17. The van der Waals surface area contributed by atoms with Crippen LogP contribution in [0.4, 0.5) is 10.6 Å². The summed E-state index contributed by atoms with van der Waals surface area (Å²) in [6.07, 6.45) is 1.92. The van der Waals surface area contributed by atoms with Gasteiger partial charge in [-0.05, 0) is 41.8 Å². The van der Waals surface area contributed by atoms with E-state index in [0.717, 1.165) is 11.1 Å². The first-order chi connectivity index (χ1) is 17.6.